The fraction of sp³-hybridized carbons (Fsp3) is 0.200. The first-order chi connectivity index (χ1) is 14.1. The summed E-state index contributed by atoms with van der Waals surface area (Å²) in [7, 11) is -4.77. The topological polar surface area (TPSA) is 89.6 Å². The van der Waals surface area contributed by atoms with Crippen LogP contribution in [0.15, 0.2) is 72.5 Å². The van der Waals surface area contributed by atoms with Gasteiger partial charge in [-0.2, -0.15) is 25.5 Å². The number of quaternary nitrogens is 1. The van der Waals surface area contributed by atoms with Crippen molar-refractivity contribution >= 4 is 15.7 Å². The molecule has 1 atom stereocenters. The summed E-state index contributed by atoms with van der Waals surface area (Å²) in [5.41, 5.74) is 6.07. The van der Waals surface area contributed by atoms with Crippen molar-refractivity contribution in [2.24, 2.45) is 5.73 Å². The molecule has 0 bridgehead atoms. The highest BCUT2D eigenvalue weighted by molar-refractivity contribution is 7.91. The predicted molar refractivity (Wildman–Crippen MR) is 107 cm³/mol. The van der Waals surface area contributed by atoms with Crippen molar-refractivity contribution in [1.29, 1.82) is 0 Å². The SMILES string of the molecule is NCC1=C[N+](c2cccc(Oc3ccccc3O)c2)(S(=O)(=O)CC(F)(F)F)CC=C1. The molecule has 0 spiro atoms. The minimum Gasteiger partial charge on any atom is -0.504 e. The van der Waals surface area contributed by atoms with Crippen LogP contribution in [0, 0.1) is 0 Å². The van der Waals surface area contributed by atoms with Crippen LogP contribution in [0.2, 0.25) is 0 Å². The van der Waals surface area contributed by atoms with E-state index in [9.17, 15) is 26.7 Å². The van der Waals surface area contributed by atoms with E-state index in [2.05, 4.69) is 0 Å². The summed E-state index contributed by atoms with van der Waals surface area (Å²) in [5.74, 6) is -1.85. The van der Waals surface area contributed by atoms with E-state index in [4.69, 9.17) is 10.5 Å². The molecule has 2 aromatic rings. The Balaban J connectivity index is 2.11. The second kappa shape index (κ2) is 8.13. The number of phenols is 1. The van der Waals surface area contributed by atoms with E-state index in [0.29, 0.717) is 5.57 Å². The number of halogens is 3. The van der Waals surface area contributed by atoms with Gasteiger partial charge in [0, 0.05) is 24.3 Å². The monoisotopic (exact) mass is 441 g/mol. The number of aromatic hydroxyl groups is 1. The van der Waals surface area contributed by atoms with Crippen LogP contribution in [0.4, 0.5) is 18.9 Å². The van der Waals surface area contributed by atoms with Gasteiger partial charge >= 0.3 is 16.2 Å². The van der Waals surface area contributed by atoms with Crippen molar-refractivity contribution in [3.63, 3.8) is 0 Å². The quantitative estimate of drug-likeness (QED) is 0.666. The van der Waals surface area contributed by atoms with Gasteiger partial charge in [0.05, 0.1) is 0 Å². The van der Waals surface area contributed by atoms with Crippen LogP contribution in [0.3, 0.4) is 0 Å². The zero-order valence-corrected chi connectivity index (χ0v) is 16.5. The van der Waals surface area contributed by atoms with Crippen molar-refractivity contribution in [3.8, 4) is 17.2 Å². The van der Waals surface area contributed by atoms with E-state index < -0.39 is 25.8 Å². The molecule has 1 aliphatic rings. The third-order valence-electron chi connectivity index (χ3n) is 4.51. The zero-order valence-electron chi connectivity index (χ0n) is 15.7. The van der Waals surface area contributed by atoms with Gasteiger partial charge in [-0.15, -0.1) is 0 Å². The smallest absolute Gasteiger partial charge is 0.408 e. The van der Waals surface area contributed by atoms with Crippen LogP contribution in [-0.2, 0) is 10.0 Å². The third kappa shape index (κ3) is 4.50. The van der Waals surface area contributed by atoms with Crippen molar-refractivity contribution in [1.82, 2.24) is 3.89 Å². The highest BCUT2D eigenvalue weighted by Crippen LogP contribution is 2.38. The Morgan fingerprint density at radius 3 is 2.53 bits per heavy atom. The molecule has 0 radical (unpaired) electrons. The van der Waals surface area contributed by atoms with E-state index in [1.54, 1.807) is 18.2 Å². The molecule has 1 heterocycles. The number of hydrogen-bond acceptors (Lipinski definition) is 5. The normalized spacial score (nSPS) is 19.4. The Bertz CT molecular complexity index is 1100. The van der Waals surface area contributed by atoms with Gasteiger partial charge in [-0.05, 0) is 24.3 Å². The van der Waals surface area contributed by atoms with Crippen LogP contribution in [0.1, 0.15) is 0 Å². The third-order valence-corrected chi connectivity index (χ3v) is 6.66. The maximum Gasteiger partial charge on any atom is 0.408 e. The first-order valence-corrected chi connectivity index (χ1v) is 10.5. The lowest BCUT2D eigenvalue weighted by molar-refractivity contribution is -0.106. The van der Waals surface area contributed by atoms with Crippen LogP contribution >= 0.6 is 0 Å². The minimum atomic E-state index is -4.91. The van der Waals surface area contributed by atoms with Gasteiger partial charge in [0.2, 0.25) is 0 Å². The van der Waals surface area contributed by atoms with Gasteiger partial charge in [-0.25, -0.2) is 0 Å². The van der Waals surface area contributed by atoms with Crippen LogP contribution in [0.5, 0.6) is 17.2 Å². The molecule has 0 aliphatic carbocycles. The summed E-state index contributed by atoms with van der Waals surface area (Å²) in [4.78, 5) is 0. The number of nitrogens with zero attached hydrogens (tertiary/aromatic N) is 1. The van der Waals surface area contributed by atoms with Crippen molar-refractivity contribution in [3.05, 3.63) is 72.5 Å². The van der Waals surface area contributed by atoms with Crippen LogP contribution in [0.25, 0.3) is 0 Å². The van der Waals surface area contributed by atoms with Crippen LogP contribution < -0.4 is 14.4 Å². The molecular weight excluding hydrogens is 421 g/mol. The second-order valence-corrected chi connectivity index (χ2v) is 8.80. The van der Waals surface area contributed by atoms with E-state index in [1.807, 2.05) is 0 Å². The zero-order chi connectivity index (χ0) is 22.0. The summed E-state index contributed by atoms with van der Waals surface area (Å²) in [6.07, 6.45) is -0.624. The molecule has 1 unspecified atom stereocenters. The molecule has 0 saturated carbocycles. The molecule has 3 rings (SSSR count). The number of hydrogen-bond donors (Lipinski definition) is 2. The van der Waals surface area contributed by atoms with Gasteiger partial charge in [0.1, 0.15) is 18.5 Å². The predicted octanol–water partition coefficient (Wildman–Crippen LogP) is 3.80. The van der Waals surface area contributed by atoms with E-state index in [-0.39, 0.29) is 36.0 Å². The molecule has 1 aliphatic heterocycles. The highest BCUT2D eigenvalue weighted by Gasteiger charge is 2.50. The molecule has 30 heavy (non-hydrogen) atoms. The summed E-state index contributed by atoms with van der Waals surface area (Å²) in [6, 6.07) is 11.9. The Morgan fingerprint density at radius 2 is 1.87 bits per heavy atom. The largest absolute Gasteiger partial charge is 0.504 e. The number of para-hydroxylation sites is 2. The number of sulfonamides is 1. The summed E-state index contributed by atoms with van der Waals surface area (Å²) in [5, 5.41) is 9.88. The number of ether oxygens (including phenoxy) is 1. The Kier molecular flexibility index (Phi) is 5.93. The molecule has 0 aromatic heterocycles. The van der Waals surface area contributed by atoms with Gasteiger partial charge < -0.3 is 15.6 Å². The number of phenolic OH excluding ortho intramolecular Hbond substituents is 1. The molecule has 0 amide bonds. The number of nitrogens with two attached hydrogens (primary N) is 1. The molecule has 3 N–H and O–H groups in total. The lowest BCUT2D eigenvalue weighted by atomic mass is 10.2. The van der Waals surface area contributed by atoms with Gasteiger partial charge in [0.25, 0.3) is 0 Å². The minimum absolute atomic E-state index is 0.0356. The van der Waals surface area contributed by atoms with E-state index >= 15 is 0 Å². The number of benzene rings is 2. The van der Waals surface area contributed by atoms with Gasteiger partial charge in [0.15, 0.2) is 22.9 Å². The lowest BCUT2D eigenvalue weighted by Crippen LogP contribution is -2.54. The Hall–Kier alpha value is -2.82. The first kappa shape index (κ1) is 21.9. The summed E-state index contributed by atoms with van der Waals surface area (Å²) >= 11 is 0. The second-order valence-electron chi connectivity index (χ2n) is 6.70. The molecular formula is C20H20F3N2O4S+. The maximum atomic E-state index is 13.1. The molecule has 0 fully saturated rings. The summed E-state index contributed by atoms with van der Waals surface area (Å²) < 4.78 is 69.7. The van der Waals surface area contributed by atoms with E-state index in [1.165, 1.54) is 48.7 Å². The molecule has 160 valence electrons. The van der Waals surface area contributed by atoms with Crippen molar-refractivity contribution in [2.45, 2.75) is 6.18 Å². The first-order valence-electron chi connectivity index (χ1n) is 8.88. The van der Waals surface area contributed by atoms with Crippen LogP contribution in [-0.4, -0.2) is 38.5 Å². The maximum absolute atomic E-state index is 13.1. The van der Waals surface area contributed by atoms with Gasteiger partial charge in [-0.3, -0.25) is 0 Å². The Morgan fingerprint density at radius 1 is 1.13 bits per heavy atom. The standard InChI is InChI=1S/C20H19F3N2O4S/c21-20(22,23)14-30(27,28)25(10-4-5-15(12-24)13-25)16-6-3-7-17(11-16)29-19-9-2-1-8-18(19)26/h1-9,11,13H,10,12,14,24H2/p+1. The number of alkyl halides is 3. The fourth-order valence-corrected chi connectivity index (χ4v) is 4.84. The molecule has 0 saturated heterocycles. The Labute approximate surface area is 171 Å². The summed E-state index contributed by atoms with van der Waals surface area (Å²) in [6.45, 7) is -0.270. The lowest BCUT2D eigenvalue weighted by Gasteiger charge is -2.34. The van der Waals surface area contributed by atoms with E-state index in [0.717, 1.165) is 0 Å². The molecule has 6 nitrogen and oxygen atoms in total. The van der Waals surface area contributed by atoms with Crippen molar-refractivity contribution < 1.29 is 31.4 Å². The number of rotatable bonds is 6. The average Bonchev–Trinajstić information content (AvgIpc) is 2.68. The molecule has 10 heteroatoms. The molecule has 2 aromatic carbocycles. The average molecular weight is 441 g/mol. The highest BCUT2D eigenvalue weighted by atomic mass is 32.2. The van der Waals surface area contributed by atoms with Gasteiger partial charge in [-0.1, -0.05) is 24.3 Å². The fourth-order valence-electron chi connectivity index (χ4n) is 3.15. The van der Waals surface area contributed by atoms with Crippen molar-refractivity contribution in [2.75, 3.05) is 18.8 Å².